The number of allylic oxidation sites excluding steroid dienone is 4. The number of hydrogen-bond acceptors (Lipinski definition) is 3. The minimum absolute atomic E-state index is 0.210. The smallest absolute Gasteiger partial charge is 0.374 e. The fourth-order valence-corrected chi connectivity index (χ4v) is 0.723. The monoisotopic (exact) mass is 166 g/mol. The van der Waals surface area contributed by atoms with Crippen LogP contribution >= 0.6 is 0 Å². The molecule has 0 saturated heterocycles. The van der Waals surface area contributed by atoms with Gasteiger partial charge in [-0.05, 0) is 19.1 Å². The number of rotatable bonds is 2. The molecular weight excluding hydrogens is 156 g/mol. The zero-order chi connectivity index (χ0) is 8.81. The van der Waals surface area contributed by atoms with Crippen molar-refractivity contribution < 1.29 is 14.3 Å². The Morgan fingerprint density at radius 3 is 3.08 bits per heavy atom. The maximum absolute atomic E-state index is 11.1. The van der Waals surface area contributed by atoms with Gasteiger partial charge in [-0.3, -0.25) is 0 Å². The Balaban J connectivity index is 2.62. The highest BCUT2D eigenvalue weighted by molar-refractivity contribution is 5.86. The predicted octanol–water partition coefficient (Wildman–Crippen LogP) is 1.53. The highest BCUT2D eigenvalue weighted by Crippen LogP contribution is 2.05. The molecule has 0 aliphatic carbocycles. The summed E-state index contributed by atoms with van der Waals surface area (Å²) >= 11 is 0. The molecule has 0 unspecified atom stereocenters. The molecule has 0 aromatic heterocycles. The van der Waals surface area contributed by atoms with Crippen LogP contribution in [-0.2, 0) is 14.3 Å². The van der Waals surface area contributed by atoms with Gasteiger partial charge in [-0.25, -0.2) is 4.79 Å². The van der Waals surface area contributed by atoms with E-state index < -0.39 is 5.97 Å². The zero-order valence-corrected chi connectivity index (χ0v) is 6.82. The first-order valence-electron chi connectivity index (χ1n) is 3.72. The summed E-state index contributed by atoms with van der Waals surface area (Å²) in [6.07, 6.45) is 8.19. The molecule has 0 N–H and O–H groups in total. The SMILES string of the molecule is CCOC(=O)C1=CC=CC=CO1. The van der Waals surface area contributed by atoms with Crippen LogP contribution in [0.15, 0.2) is 36.3 Å². The Morgan fingerprint density at radius 2 is 2.33 bits per heavy atom. The second kappa shape index (κ2) is 4.38. The summed E-state index contributed by atoms with van der Waals surface area (Å²) in [6, 6.07) is 0. The molecular formula is C9H10O3. The molecule has 64 valence electrons. The molecule has 3 heteroatoms. The predicted molar refractivity (Wildman–Crippen MR) is 44.1 cm³/mol. The van der Waals surface area contributed by atoms with E-state index in [-0.39, 0.29) is 5.76 Å². The summed E-state index contributed by atoms with van der Waals surface area (Å²) in [5, 5.41) is 0. The van der Waals surface area contributed by atoms with Gasteiger partial charge in [0.15, 0.2) is 0 Å². The molecule has 1 rings (SSSR count). The molecule has 1 aliphatic heterocycles. The van der Waals surface area contributed by atoms with Crippen LogP contribution in [0, 0.1) is 0 Å². The number of hydrogen-bond donors (Lipinski definition) is 0. The molecule has 12 heavy (non-hydrogen) atoms. The van der Waals surface area contributed by atoms with Gasteiger partial charge in [-0.15, -0.1) is 0 Å². The van der Waals surface area contributed by atoms with E-state index >= 15 is 0 Å². The van der Waals surface area contributed by atoms with Gasteiger partial charge in [0.05, 0.1) is 12.9 Å². The standard InChI is InChI=1S/C9H10O3/c1-2-11-9(10)8-6-4-3-5-7-12-8/h3-7H,2H2,1H3. The molecule has 0 atom stereocenters. The van der Waals surface area contributed by atoms with Crippen LogP contribution in [0.4, 0.5) is 0 Å². The molecule has 0 radical (unpaired) electrons. The molecule has 0 saturated carbocycles. The third-order valence-electron chi connectivity index (χ3n) is 1.22. The molecule has 0 aromatic carbocycles. The lowest BCUT2D eigenvalue weighted by Crippen LogP contribution is -2.08. The summed E-state index contributed by atoms with van der Waals surface area (Å²) in [6.45, 7) is 2.10. The van der Waals surface area contributed by atoms with Gasteiger partial charge in [-0.1, -0.05) is 12.2 Å². The fourth-order valence-electron chi connectivity index (χ4n) is 0.723. The van der Waals surface area contributed by atoms with E-state index in [9.17, 15) is 4.79 Å². The maximum atomic E-state index is 11.1. The Hall–Kier alpha value is -1.51. The second-order valence-electron chi connectivity index (χ2n) is 2.08. The molecule has 0 spiro atoms. The maximum Gasteiger partial charge on any atom is 0.374 e. The topological polar surface area (TPSA) is 35.5 Å². The summed E-state index contributed by atoms with van der Waals surface area (Å²) < 4.78 is 9.70. The third kappa shape index (κ3) is 2.27. The van der Waals surface area contributed by atoms with Crippen molar-refractivity contribution in [2.24, 2.45) is 0 Å². The quantitative estimate of drug-likeness (QED) is 0.583. The van der Waals surface area contributed by atoms with Crippen molar-refractivity contribution in [3.05, 3.63) is 36.3 Å². The van der Waals surface area contributed by atoms with E-state index in [0.29, 0.717) is 6.61 Å². The van der Waals surface area contributed by atoms with Gasteiger partial charge in [0, 0.05) is 0 Å². The van der Waals surface area contributed by atoms with Crippen molar-refractivity contribution in [1.29, 1.82) is 0 Å². The fraction of sp³-hybridized carbons (Fsp3) is 0.222. The van der Waals surface area contributed by atoms with Crippen molar-refractivity contribution in [2.75, 3.05) is 6.61 Å². The van der Waals surface area contributed by atoms with E-state index in [1.54, 1.807) is 31.2 Å². The van der Waals surface area contributed by atoms with Crippen LogP contribution in [0.25, 0.3) is 0 Å². The van der Waals surface area contributed by atoms with Crippen LogP contribution in [0.5, 0.6) is 0 Å². The summed E-state index contributed by atoms with van der Waals surface area (Å²) in [7, 11) is 0. The van der Waals surface area contributed by atoms with Gasteiger partial charge in [0.2, 0.25) is 5.76 Å². The van der Waals surface area contributed by atoms with E-state index in [2.05, 4.69) is 0 Å². The molecule has 0 amide bonds. The highest BCUT2D eigenvalue weighted by atomic mass is 16.6. The Bertz CT molecular complexity index is 248. The van der Waals surface area contributed by atoms with E-state index in [0.717, 1.165) is 0 Å². The van der Waals surface area contributed by atoms with Crippen molar-refractivity contribution in [3.63, 3.8) is 0 Å². The molecule has 0 fully saturated rings. The van der Waals surface area contributed by atoms with E-state index in [1.807, 2.05) is 0 Å². The summed E-state index contributed by atoms with van der Waals surface area (Å²) in [5.41, 5.74) is 0. The van der Waals surface area contributed by atoms with Gasteiger partial charge in [0.1, 0.15) is 0 Å². The lowest BCUT2D eigenvalue weighted by molar-refractivity contribution is -0.141. The zero-order valence-electron chi connectivity index (χ0n) is 6.82. The third-order valence-corrected chi connectivity index (χ3v) is 1.22. The van der Waals surface area contributed by atoms with Gasteiger partial charge < -0.3 is 9.47 Å². The lowest BCUT2D eigenvalue weighted by atomic mass is 10.4. The molecule has 1 aliphatic rings. The Kier molecular flexibility index (Phi) is 3.14. The first kappa shape index (κ1) is 8.59. The van der Waals surface area contributed by atoms with Crippen molar-refractivity contribution in [1.82, 2.24) is 0 Å². The lowest BCUT2D eigenvalue weighted by Gasteiger charge is -2.03. The highest BCUT2D eigenvalue weighted by Gasteiger charge is 2.10. The summed E-state index contributed by atoms with van der Waals surface area (Å²) in [5.74, 6) is -0.226. The van der Waals surface area contributed by atoms with Gasteiger partial charge in [-0.2, -0.15) is 0 Å². The second-order valence-corrected chi connectivity index (χ2v) is 2.08. The number of esters is 1. The molecule has 0 bridgehead atoms. The van der Waals surface area contributed by atoms with Crippen LogP contribution in [0.3, 0.4) is 0 Å². The van der Waals surface area contributed by atoms with Crippen LogP contribution in [0.1, 0.15) is 6.92 Å². The van der Waals surface area contributed by atoms with Crippen molar-refractivity contribution >= 4 is 5.97 Å². The van der Waals surface area contributed by atoms with Gasteiger partial charge >= 0.3 is 5.97 Å². The molecule has 3 nitrogen and oxygen atoms in total. The molecule has 1 heterocycles. The first-order chi connectivity index (χ1) is 5.84. The van der Waals surface area contributed by atoms with Crippen molar-refractivity contribution in [3.8, 4) is 0 Å². The number of carbonyl (C=O) groups is 1. The van der Waals surface area contributed by atoms with E-state index in [4.69, 9.17) is 9.47 Å². The summed E-state index contributed by atoms with van der Waals surface area (Å²) in [4.78, 5) is 11.1. The average molecular weight is 166 g/mol. The van der Waals surface area contributed by atoms with Crippen LogP contribution in [-0.4, -0.2) is 12.6 Å². The van der Waals surface area contributed by atoms with E-state index in [1.165, 1.54) is 6.26 Å². The first-order valence-corrected chi connectivity index (χ1v) is 3.72. The van der Waals surface area contributed by atoms with Crippen LogP contribution in [0.2, 0.25) is 0 Å². The minimum atomic E-state index is -0.436. The minimum Gasteiger partial charge on any atom is -0.460 e. The van der Waals surface area contributed by atoms with Gasteiger partial charge in [0.25, 0.3) is 0 Å². The van der Waals surface area contributed by atoms with Crippen LogP contribution < -0.4 is 0 Å². The number of carbonyl (C=O) groups excluding carboxylic acids is 1. The van der Waals surface area contributed by atoms with Crippen molar-refractivity contribution in [2.45, 2.75) is 6.92 Å². The number of ether oxygens (including phenoxy) is 2. The normalized spacial score (nSPS) is 14.6. The average Bonchev–Trinajstić information content (AvgIpc) is 2.32. The largest absolute Gasteiger partial charge is 0.460 e. The Morgan fingerprint density at radius 1 is 1.50 bits per heavy atom. The Labute approximate surface area is 71.0 Å². The molecule has 0 aromatic rings.